The predicted molar refractivity (Wildman–Crippen MR) is 100 cm³/mol. The number of anilines is 3. The van der Waals surface area contributed by atoms with E-state index < -0.39 is 11.9 Å². The molecule has 5 N–H and O–H groups in total. The van der Waals surface area contributed by atoms with Crippen molar-refractivity contribution in [2.75, 3.05) is 10.6 Å². The monoisotopic (exact) mass is 343 g/mol. The molecule has 0 saturated heterocycles. The van der Waals surface area contributed by atoms with Crippen LogP contribution in [0.3, 0.4) is 0 Å². The van der Waals surface area contributed by atoms with E-state index in [1.54, 1.807) is 0 Å². The third-order valence-electron chi connectivity index (χ3n) is 3.60. The zero-order valence-electron chi connectivity index (χ0n) is 15.0. The number of nitrogens with two attached hydrogens (primary N) is 1. The number of hydrogen-bond donors (Lipinski definition) is 4. The Kier molecular flexibility index (Phi) is 5.80. The van der Waals surface area contributed by atoms with E-state index in [4.69, 9.17) is 5.73 Å². The van der Waals surface area contributed by atoms with Gasteiger partial charge in [-0.05, 0) is 49.4 Å². The normalized spacial score (nSPS) is 12.0. The van der Waals surface area contributed by atoms with E-state index in [0.717, 1.165) is 16.8 Å². The van der Waals surface area contributed by atoms with Crippen molar-refractivity contribution in [2.24, 2.45) is 11.7 Å². The van der Waals surface area contributed by atoms with Crippen LogP contribution in [-0.2, 0) is 4.79 Å². The number of aryl methyl sites for hydroxylation is 2. The summed E-state index contributed by atoms with van der Waals surface area (Å²) >= 11 is 0. The third kappa shape index (κ3) is 5.63. The third-order valence-corrected chi connectivity index (χ3v) is 3.60. The zero-order chi connectivity index (χ0) is 18.6. The van der Waals surface area contributed by atoms with Gasteiger partial charge in [-0.15, -0.1) is 0 Å². The summed E-state index contributed by atoms with van der Waals surface area (Å²) in [5.74, 6) is 0.394. The molecular weight excluding hydrogens is 318 g/mol. The maximum absolute atomic E-state index is 11.9. The van der Waals surface area contributed by atoms with Crippen LogP contribution in [0, 0.1) is 19.8 Å². The molecular formula is C18H25N5O2. The van der Waals surface area contributed by atoms with Gasteiger partial charge in [0.15, 0.2) is 0 Å². The smallest absolute Gasteiger partial charge is 0.254 e. The fourth-order valence-corrected chi connectivity index (χ4v) is 2.67. The molecule has 0 bridgehead atoms. The summed E-state index contributed by atoms with van der Waals surface area (Å²) in [5.41, 5.74) is 8.17. The van der Waals surface area contributed by atoms with Gasteiger partial charge in [0.05, 0.1) is 0 Å². The summed E-state index contributed by atoms with van der Waals surface area (Å²) < 4.78 is 0. The van der Waals surface area contributed by atoms with Crippen molar-refractivity contribution in [3.8, 4) is 0 Å². The summed E-state index contributed by atoms with van der Waals surface area (Å²) in [4.78, 5) is 30.4. The first-order chi connectivity index (χ1) is 11.7. The molecule has 0 aliphatic heterocycles. The highest BCUT2D eigenvalue weighted by atomic mass is 16.1. The van der Waals surface area contributed by atoms with Crippen LogP contribution < -0.4 is 21.9 Å². The highest BCUT2D eigenvalue weighted by Crippen LogP contribution is 2.18. The van der Waals surface area contributed by atoms with Crippen molar-refractivity contribution < 1.29 is 4.79 Å². The largest absolute Gasteiger partial charge is 0.368 e. The lowest BCUT2D eigenvalue weighted by molar-refractivity contribution is -0.119. The van der Waals surface area contributed by atoms with E-state index in [0.29, 0.717) is 12.2 Å². The number of benzene rings is 1. The fourth-order valence-electron chi connectivity index (χ4n) is 2.67. The average molecular weight is 343 g/mol. The molecule has 0 aliphatic rings. The number of rotatable bonds is 7. The number of amides is 1. The quantitative estimate of drug-likeness (QED) is 0.617. The second-order valence-electron chi connectivity index (χ2n) is 6.71. The Morgan fingerprint density at radius 3 is 2.40 bits per heavy atom. The van der Waals surface area contributed by atoms with E-state index in [2.05, 4.69) is 26.7 Å². The molecule has 1 atom stereocenters. The lowest BCUT2D eigenvalue weighted by atomic mass is 10.0. The SMILES string of the molecule is Cc1cc(C)cc(Nc2cc(=O)[nH]c(N[C@H](CC(C)C)C(N)=O)n2)c1. The summed E-state index contributed by atoms with van der Waals surface area (Å²) in [6.07, 6.45) is 0.549. The minimum atomic E-state index is -0.598. The molecule has 0 saturated carbocycles. The van der Waals surface area contributed by atoms with Gasteiger partial charge in [0.25, 0.3) is 5.56 Å². The van der Waals surface area contributed by atoms with Gasteiger partial charge < -0.3 is 16.4 Å². The first-order valence-corrected chi connectivity index (χ1v) is 8.25. The van der Waals surface area contributed by atoms with Crippen molar-refractivity contribution in [3.63, 3.8) is 0 Å². The van der Waals surface area contributed by atoms with Gasteiger partial charge in [-0.3, -0.25) is 14.6 Å². The lowest BCUT2D eigenvalue weighted by Gasteiger charge is -2.18. The van der Waals surface area contributed by atoms with E-state index >= 15 is 0 Å². The molecule has 1 aromatic heterocycles. The van der Waals surface area contributed by atoms with Gasteiger partial charge in [0.2, 0.25) is 11.9 Å². The molecule has 0 unspecified atom stereocenters. The fraction of sp³-hybridized carbons (Fsp3) is 0.389. The number of nitrogens with zero attached hydrogens (tertiary/aromatic N) is 1. The molecule has 134 valence electrons. The van der Waals surface area contributed by atoms with Crippen molar-refractivity contribution >= 4 is 23.4 Å². The van der Waals surface area contributed by atoms with Gasteiger partial charge in [-0.25, -0.2) is 0 Å². The molecule has 0 fully saturated rings. The second-order valence-corrected chi connectivity index (χ2v) is 6.71. The number of carbonyl (C=O) groups excluding carboxylic acids is 1. The number of H-pyrrole nitrogens is 1. The molecule has 2 rings (SSSR count). The molecule has 25 heavy (non-hydrogen) atoms. The highest BCUT2D eigenvalue weighted by molar-refractivity contribution is 5.82. The van der Waals surface area contributed by atoms with Gasteiger partial charge in [-0.1, -0.05) is 19.9 Å². The number of primary amides is 1. The summed E-state index contributed by atoms with van der Waals surface area (Å²) in [7, 11) is 0. The maximum atomic E-state index is 11.9. The van der Waals surface area contributed by atoms with Crippen molar-refractivity contribution in [3.05, 3.63) is 45.7 Å². The summed E-state index contributed by atoms with van der Waals surface area (Å²) in [6, 6.07) is 6.76. The van der Waals surface area contributed by atoms with Gasteiger partial charge in [0, 0.05) is 11.8 Å². The number of aromatic nitrogens is 2. The number of aromatic amines is 1. The standard InChI is InChI=1S/C18H25N5O2/c1-10(2)5-14(17(19)25)21-18-22-15(9-16(24)23-18)20-13-7-11(3)6-12(4)8-13/h6-10,14H,5H2,1-4H3,(H2,19,25)(H3,20,21,22,23,24)/t14-/m1/s1. The molecule has 1 heterocycles. The molecule has 0 aliphatic carbocycles. The van der Waals surface area contributed by atoms with Crippen LogP contribution in [0.5, 0.6) is 0 Å². The van der Waals surface area contributed by atoms with E-state index in [1.807, 2.05) is 39.8 Å². The minimum absolute atomic E-state index is 0.212. The number of nitrogens with one attached hydrogen (secondary N) is 3. The molecule has 2 aromatic rings. The van der Waals surface area contributed by atoms with E-state index in [-0.39, 0.29) is 17.4 Å². The molecule has 7 heteroatoms. The Morgan fingerprint density at radius 2 is 1.84 bits per heavy atom. The second kappa shape index (κ2) is 7.83. The Hall–Kier alpha value is -2.83. The maximum Gasteiger partial charge on any atom is 0.254 e. The van der Waals surface area contributed by atoms with Crippen LogP contribution >= 0.6 is 0 Å². The molecule has 1 aromatic carbocycles. The van der Waals surface area contributed by atoms with Crippen LogP contribution in [0.25, 0.3) is 0 Å². The first-order valence-electron chi connectivity index (χ1n) is 8.25. The number of hydrogen-bond acceptors (Lipinski definition) is 5. The molecule has 7 nitrogen and oxygen atoms in total. The Bertz CT molecular complexity index is 793. The van der Waals surface area contributed by atoms with Crippen LogP contribution in [0.2, 0.25) is 0 Å². The van der Waals surface area contributed by atoms with E-state index in [1.165, 1.54) is 6.07 Å². The lowest BCUT2D eigenvalue weighted by Crippen LogP contribution is -2.37. The summed E-state index contributed by atoms with van der Waals surface area (Å²) in [6.45, 7) is 7.98. The highest BCUT2D eigenvalue weighted by Gasteiger charge is 2.18. The Labute approximate surface area is 147 Å². The van der Waals surface area contributed by atoms with E-state index in [9.17, 15) is 9.59 Å². The van der Waals surface area contributed by atoms with Crippen LogP contribution in [0.1, 0.15) is 31.4 Å². The average Bonchev–Trinajstić information content (AvgIpc) is 2.44. The minimum Gasteiger partial charge on any atom is -0.368 e. The van der Waals surface area contributed by atoms with Crippen molar-refractivity contribution in [1.82, 2.24) is 9.97 Å². The van der Waals surface area contributed by atoms with Gasteiger partial charge in [-0.2, -0.15) is 4.98 Å². The topological polar surface area (TPSA) is 113 Å². The van der Waals surface area contributed by atoms with Gasteiger partial charge in [0.1, 0.15) is 11.9 Å². The van der Waals surface area contributed by atoms with Crippen LogP contribution in [-0.4, -0.2) is 21.9 Å². The molecule has 0 radical (unpaired) electrons. The predicted octanol–water partition coefficient (Wildman–Crippen LogP) is 2.44. The molecule has 0 spiro atoms. The van der Waals surface area contributed by atoms with Crippen LogP contribution in [0.4, 0.5) is 17.5 Å². The molecule has 1 amide bonds. The first kappa shape index (κ1) is 18.5. The summed E-state index contributed by atoms with van der Waals surface area (Å²) in [5, 5.41) is 6.04. The van der Waals surface area contributed by atoms with Crippen LogP contribution in [0.15, 0.2) is 29.1 Å². The number of carbonyl (C=O) groups is 1. The zero-order valence-corrected chi connectivity index (χ0v) is 15.0. The van der Waals surface area contributed by atoms with Crippen molar-refractivity contribution in [2.45, 2.75) is 40.2 Å². The Balaban J connectivity index is 2.24. The van der Waals surface area contributed by atoms with Crippen molar-refractivity contribution in [1.29, 1.82) is 0 Å². The Morgan fingerprint density at radius 1 is 1.20 bits per heavy atom. The van der Waals surface area contributed by atoms with Gasteiger partial charge >= 0.3 is 0 Å².